The lowest BCUT2D eigenvalue weighted by Gasteiger charge is -2.19. The van der Waals surface area contributed by atoms with E-state index in [-0.39, 0.29) is 0 Å². The first-order valence-corrected chi connectivity index (χ1v) is 16.9. The highest BCUT2D eigenvalue weighted by atomic mass is 15.1. The molecule has 0 bridgehead atoms. The quantitative estimate of drug-likeness (QED) is 0.190. The van der Waals surface area contributed by atoms with Crippen molar-refractivity contribution in [2.24, 2.45) is 5.92 Å². The van der Waals surface area contributed by atoms with E-state index in [0.717, 1.165) is 12.8 Å². The van der Waals surface area contributed by atoms with Crippen molar-refractivity contribution in [3.63, 3.8) is 0 Å². The van der Waals surface area contributed by atoms with Crippen LogP contribution in [0, 0.1) is 5.92 Å². The van der Waals surface area contributed by atoms with E-state index in [1.54, 1.807) is 0 Å². The van der Waals surface area contributed by atoms with Crippen molar-refractivity contribution in [2.75, 3.05) is 0 Å². The number of hydrogen-bond acceptors (Lipinski definition) is 0. The van der Waals surface area contributed by atoms with E-state index in [1.807, 2.05) is 0 Å². The summed E-state index contributed by atoms with van der Waals surface area (Å²) in [6, 6.07) is 39.9. The number of allylic oxidation sites excluding steroid dienone is 5. The predicted octanol–water partition coefficient (Wildman–Crippen LogP) is 11.8. The molecule has 0 spiro atoms. The van der Waals surface area contributed by atoms with Crippen LogP contribution in [0.25, 0.3) is 77.7 Å². The maximum absolute atomic E-state index is 2.61. The standard InChI is InChI=1S/C44H35N3/c1-28-24-26-32(27-25-28)47-37-23-13-14-29(2)38(37)41-43-39(34-20-10-12-22-36(34)46(43)31-17-7-4-8-18-31)42-40(44(41)47)33-19-9-11-21-35(33)45(42)30-15-5-3-6-16-30/h3-13,15-24,26-29H,14,25H2,1-2H3. The lowest BCUT2D eigenvalue weighted by atomic mass is 9.89. The fourth-order valence-electron chi connectivity index (χ4n) is 8.52. The lowest BCUT2D eigenvalue weighted by Crippen LogP contribution is -2.06. The zero-order valence-corrected chi connectivity index (χ0v) is 26.7. The Morgan fingerprint density at radius 2 is 1.06 bits per heavy atom. The molecule has 0 saturated heterocycles. The molecule has 3 aromatic heterocycles. The van der Waals surface area contributed by atoms with Crippen LogP contribution in [0.5, 0.6) is 0 Å². The number of nitrogens with zero attached hydrogens (tertiary/aromatic N) is 3. The van der Waals surface area contributed by atoms with Crippen molar-refractivity contribution < 1.29 is 0 Å². The Labute approximate surface area is 274 Å². The van der Waals surface area contributed by atoms with Crippen LogP contribution in [-0.4, -0.2) is 13.7 Å². The highest BCUT2D eigenvalue weighted by molar-refractivity contribution is 6.37. The second-order valence-electron chi connectivity index (χ2n) is 13.4. The molecule has 8 aromatic rings. The molecule has 226 valence electrons. The average molecular weight is 606 g/mol. The molecule has 2 aliphatic carbocycles. The Morgan fingerprint density at radius 1 is 0.532 bits per heavy atom. The summed E-state index contributed by atoms with van der Waals surface area (Å²) >= 11 is 0. The van der Waals surface area contributed by atoms with Gasteiger partial charge in [-0.25, -0.2) is 0 Å². The van der Waals surface area contributed by atoms with Gasteiger partial charge in [0.25, 0.3) is 0 Å². The summed E-state index contributed by atoms with van der Waals surface area (Å²) in [4.78, 5) is 0. The van der Waals surface area contributed by atoms with Gasteiger partial charge in [0.05, 0.1) is 33.3 Å². The summed E-state index contributed by atoms with van der Waals surface area (Å²) < 4.78 is 7.68. The summed E-state index contributed by atoms with van der Waals surface area (Å²) in [6.45, 7) is 4.72. The summed E-state index contributed by atoms with van der Waals surface area (Å²) in [7, 11) is 0. The predicted molar refractivity (Wildman–Crippen MR) is 200 cm³/mol. The van der Waals surface area contributed by atoms with Crippen LogP contribution in [0.2, 0.25) is 0 Å². The third-order valence-electron chi connectivity index (χ3n) is 10.5. The molecule has 2 unspecified atom stereocenters. The largest absolute Gasteiger partial charge is 0.309 e. The van der Waals surface area contributed by atoms with E-state index >= 15 is 0 Å². The first-order valence-electron chi connectivity index (χ1n) is 16.9. The molecule has 2 aliphatic rings. The molecule has 0 N–H and O–H groups in total. The van der Waals surface area contributed by atoms with Gasteiger partial charge in [-0.05, 0) is 78.8 Å². The number of fused-ring (bicyclic) bond motifs is 12. The summed E-state index contributed by atoms with van der Waals surface area (Å²) in [5.41, 5.74) is 12.8. The van der Waals surface area contributed by atoms with Gasteiger partial charge in [-0.3, -0.25) is 0 Å². The molecule has 0 fully saturated rings. The second kappa shape index (κ2) is 9.98. The van der Waals surface area contributed by atoms with E-state index in [9.17, 15) is 0 Å². The second-order valence-corrected chi connectivity index (χ2v) is 13.4. The van der Waals surface area contributed by atoms with Gasteiger partial charge in [-0.1, -0.05) is 105 Å². The highest BCUT2D eigenvalue weighted by Crippen LogP contribution is 2.52. The Bertz CT molecular complexity index is 2640. The minimum absolute atomic E-state index is 0.385. The SMILES string of the molecule is CC1C=CC(n2c3c(c4c2c2c5ccccc5n(-c5ccccc5)c2c2c5ccccc5n(-c5ccccc5)c42)C(C)CC=C3)=CC1. The Balaban J connectivity index is 1.58. The fraction of sp³-hybridized carbons (Fsp3) is 0.136. The fourth-order valence-corrected chi connectivity index (χ4v) is 8.52. The topological polar surface area (TPSA) is 14.8 Å². The number of para-hydroxylation sites is 4. The van der Waals surface area contributed by atoms with E-state index in [4.69, 9.17) is 0 Å². The van der Waals surface area contributed by atoms with Crippen LogP contribution in [0.1, 0.15) is 43.9 Å². The minimum Gasteiger partial charge on any atom is -0.309 e. The molecule has 5 aromatic carbocycles. The summed E-state index contributed by atoms with van der Waals surface area (Å²) in [5, 5.41) is 6.59. The van der Waals surface area contributed by atoms with Gasteiger partial charge in [-0.15, -0.1) is 0 Å². The molecular formula is C44H35N3. The summed E-state index contributed by atoms with van der Waals surface area (Å²) in [6.07, 6.45) is 14.1. The molecule has 10 rings (SSSR count). The zero-order valence-electron chi connectivity index (χ0n) is 26.7. The van der Waals surface area contributed by atoms with Crippen LogP contribution in [0.3, 0.4) is 0 Å². The molecule has 3 heteroatoms. The van der Waals surface area contributed by atoms with Crippen LogP contribution in [0.15, 0.2) is 133 Å². The van der Waals surface area contributed by atoms with Crippen molar-refractivity contribution in [3.05, 3.63) is 145 Å². The number of benzene rings is 5. The van der Waals surface area contributed by atoms with Crippen molar-refractivity contribution >= 4 is 66.3 Å². The van der Waals surface area contributed by atoms with Gasteiger partial charge in [0.1, 0.15) is 0 Å². The molecule has 0 amide bonds. The summed E-state index contributed by atoms with van der Waals surface area (Å²) in [5.74, 6) is 0.925. The van der Waals surface area contributed by atoms with Gasteiger partial charge in [0, 0.05) is 44.0 Å². The van der Waals surface area contributed by atoms with Crippen LogP contribution in [0.4, 0.5) is 0 Å². The maximum atomic E-state index is 2.61. The van der Waals surface area contributed by atoms with Crippen LogP contribution in [-0.2, 0) is 0 Å². The third kappa shape index (κ3) is 3.63. The molecular weight excluding hydrogens is 571 g/mol. The van der Waals surface area contributed by atoms with Crippen molar-refractivity contribution in [2.45, 2.75) is 32.6 Å². The Kier molecular flexibility index (Phi) is 5.66. The number of hydrogen-bond donors (Lipinski definition) is 0. The number of aromatic nitrogens is 3. The third-order valence-corrected chi connectivity index (χ3v) is 10.5. The van der Waals surface area contributed by atoms with E-state index in [2.05, 4.69) is 167 Å². The van der Waals surface area contributed by atoms with E-state index in [1.165, 1.54) is 82.8 Å². The van der Waals surface area contributed by atoms with Gasteiger partial charge in [-0.2, -0.15) is 0 Å². The first kappa shape index (κ1) is 26.7. The molecule has 3 heterocycles. The Morgan fingerprint density at radius 3 is 1.64 bits per heavy atom. The smallest absolute Gasteiger partial charge is 0.0663 e. The molecule has 2 atom stereocenters. The van der Waals surface area contributed by atoms with Gasteiger partial charge in [0.15, 0.2) is 0 Å². The van der Waals surface area contributed by atoms with Gasteiger partial charge >= 0.3 is 0 Å². The molecule has 3 nitrogen and oxygen atoms in total. The van der Waals surface area contributed by atoms with Crippen molar-refractivity contribution in [1.82, 2.24) is 13.7 Å². The van der Waals surface area contributed by atoms with Gasteiger partial charge < -0.3 is 13.7 Å². The molecule has 0 aliphatic heterocycles. The van der Waals surface area contributed by atoms with Crippen LogP contribution >= 0.6 is 0 Å². The van der Waals surface area contributed by atoms with Crippen molar-refractivity contribution in [1.29, 1.82) is 0 Å². The van der Waals surface area contributed by atoms with E-state index in [0.29, 0.717) is 11.8 Å². The average Bonchev–Trinajstić information content (AvgIpc) is 3.76. The normalized spacial score (nSPS) is 17.8. The first-order chi connectivity index (χ1) is 23.2. The molecule has 0 saturated carbocycles. The van der Waals surface area contributed by atoms with Crippen molar-refractivity contribution in [3.8, 4) is 11.4 Å². The monoisotopic (exact) mass is 605 g/mol. The van der Waals surface area contributed by atoms with Crippen LogP contribution < -0.4 is 0 Å². The molecule has 0 radical (unpaired) electrons. The number of rotatable bonds is 3. The van der Waals surface area contributed by atoms with Gasteiger partial charge in [0.2, 0.25) is 0 Å². The maximum Gasteiger partial charge on any atom is 0.0663 e. The zero-order chi connectivity index (χ0) is 31.2. The molecule has 47 heavy (non-hydrogen) atoms. The lowest BCUT2D eigenvalue weighted by molar-refractivity contribution is 0.733. The highest BCUT2D eigenvalue weighted by Gasteiger charge is 2.32. The van der Waals surface area contributed by atoms with E-state index < -0.39 is 0 Å². The Hall–Kier alpha value is -5.54. The minimum atomic E-state index is 0.385.